The van der Waals surface area contributed by atoms with E-state index < -0.39 is 0 Å². The Morgan fingerprint density at radius 1 is 1.33 bits per heavy atom. The zero-order chi connectivity index (χ0) is 11.0. The lowest BCUT2D eigenvalue weighted by Crippen LogP contribution is -1.97. The molecular formula is C10H6Cl2OS2. The SMILES string of the molecule is Cc1cc(C(=O)c2cc(Cl)sc2Cl)cs1. The van der Waals surface area contributed by atoms with Crippen molar-refractivity contribution >= 4 is 51.7 Å². The minimum absolute atomic E-state index is 0.0625. The minimum Gasteiger partial charge on any atom is -0.288 e. The van der Waals surface area contributed by atoms with Crippen molar-refractivity contribution in [2.24, 2.45) is 0 Å². The van der Waals surface area contributed by atoms with Gasteiger partial charge in [-0.1, -0.05) is 23.2 Å². The van der Waals surface area contributed by atoms with E-state index in [1.807, 2.05) is 18.4 Å². The molecule has 15 heavy (non-hydrogen) atoms. The smallest absolute Gasteiger partial charge is 0.196 e. The summed E-state index contributed by atoms with van der Waals surface area (Å²) in [5, 5.41) is 1.83. The Morgan fingerprint density at radius 2 is 2.07 bits per heavy atom. The van der Waals surface area contributed by atoms with Crippen LogP contribution in [0.5, 0.6) is 0 Å². The lowest BCUT2D eigenvalue weighted by molar-refractivity contribution is 0.103. The summed E-state index contributed by atoms with van der Waals surface area (Å²) in [7, 11) is 0. The van der Waals surface area contributed by atoms with E-state index in [2.05, 4.69) is 0 Å². The van der Waals surface area contributed by atoms with Crippen LogP contribution in [-0.2, 0) is 0 Å². The molecule has 0 unspecified atom stereocenters. The van der Waals surface area contributed by atoms with Gasteiger partial charge in [-0.05, 0) is 19.1 Å². The molecule has 0 aliphatic heterocycles. The Morgan fingerprint density at radius 3 is 2.53 bits per heavy atom. The van der Waals surface area contributed by atoms with Crippen LogP contribution in [0.15, 0.2) is 17.5 Å². The number of hydrogen-bond acceptors (Lipinski definition) is 3. The number of aryl methyl sites for hydroxylation is 1. The molecule has 0 amide bonds. The largest absolute Gasteiger partial charge is 0.288 e. The zero-order valence-corrected chi connectivity index (χ0v) is 10.9. The lowest BCUT2D eigenvalue weighted by atomic mass is 10.1. The number of halogens is 2. The molecule has 0 aromatic carbocycles. The third-order valence-electron chi connectivity index (χ3n) is 1.89. The van der Waals surface area contributed by atoms with Gasteiger partial charge in [0, 0.05) is 15.8 Å². The number of hydrogen-bond donors (Lipinski definition) is 0. The number of thiophene rings is 2. The molecule has 0 radical (unpaired) electrons. The van der Waals surface area contributed by atoms with E-state index in [4.69, 9.17) is 23.2 Å². The first-order valence-electron chi connectivity index (χ1n) is 4.12. The van der Waals surface area contributed by atoms with E-state index in [0.717, 1.165) is 4.88 Å². The highest BCUT2D eigenvalue weighted by atomic mass is 35.5. The monoisotopic (exact) mass is 276 g/mol. The molecule has 0 saturated heterocycles. The Balaban J connectivity index is 2.40. The predicted octanol–water partition coefficient (Wildman–Crippen LogP) is 4.66. The predicted molar refractivity (Wildman–Crippen MR) is 66.8 cm³/mol. The van der Waals surface area contributed by atoms with Crippen molar-refractivity contribution in [1.82, 2.24) is 0 Å². The third kappa shape index (κ3) is 2.26. The van der Waals surface area contributed by atoms with E-state index in [-0.39, 0.29) is 5.78 Å². The van der Waals surface area contributed by atoms with Crippen molar-refractivity contribution in [2.75, 3.05) is 0 Å². The van der Waals surface area contributed by atoms with Gasteiger partial charge >= 0.3 is 0 Å². The molecule has 0 aliphatic carbocycles. The van der Waals surface area contributed by atoms with Gasteiger partial charge in [-0.3, -0.25) is 4.79 Å². The second-order valence-electron chi connectivity index (χ2n) is 3.01. The fourth-order valence-corrected chi connectivity index (χ4v) is 3.35. The highest BCUT2D eigenvalue weighted by molar-refractivity contribution is 7.20. The summed E-state index contributed by atoms with van der Waals surface area (Å²) in [5.74, 6) is -0.0625. The van der Waals surface area contributed by atoms with Gasteiger partial charge in [0.25, 0.3) is 0 Å². The molecule has 5 heteroatoms. The van der Waals surface area contributed by atoms with Gasteiger partial charge in [0.15, 0.2) is 5.78 Å². The molecule has 0 fully saturated rings. The van der Waals surface area contributed by atoms with Crippen LogP contribution in [0.2, 0.25) is 8.67 Å². The van der Waals surface area contributed by atoms with Gasteiger partial charge < -0.3 is 0 Å². The van der Waals surface area contributed by atoms with E-state index in [0.29, 0.717) is 19.8 Å². The molecule has 1 nitrogen and oxygen atoms in total. The average Bonchev–Trinajstić information content (AvgIpc) is 2.71. The summed E-state index contributed by atoms with van der Waals surface area (Å²) in [6.07, 6.45) is 0. The summed E-state index contributed by atoms with van der Waals surface area (Å²) in [5.41, 5.74) is 1.17. The number of carbonyl (C=O) groups excluding carboxylic acids is 1. The zero-order valence-electron chi connectivity index (χ0n) is 7.71. The van der Waals surface area contributed by atoms with Gasteiger partial charge in [0.05, 0.1) is 9.90 Å². The van der Waals surface area contributed by atoms with Crippen LogP contribution in [0.25, 0.3) is 0 Å². The van der Waals surface area contributed by atoms with Crippen molar-refractivity contribution in [3.63, 3.8) is 0 Å². The van der Waals surface area contributed by atoms with E-state index in [9.17, 15) is 4.79 Å². The van der Waals surface area contributed by atoms with Crippen LogP contribution in [0.3, 0.4) is 0 Å². The molecule has 0 atom stereocenters. The first kappa shape index (κ1) is 11.1. The molecule has 2 aromatic rings. The first-order chi connectivity index (χ1) is 7.08. The van der Waals surface area contributed by atoms with Crippen molar-refractivity contribution in [2.45, 2.75) is 6.92 Å². The Hall–Kier alpha value is -0.350. The van der Waals surface area contributed by atoms with Crippen molar-refractivity contribution in [1.29, 1.82) is 0 Å². The number of ketones is 1. The van der Waals surface area contributed by atoms with Gasteiger partial charge in [-0.15, -0.1) is 22.7 Å². The Kier molecular flexibility index (Phi) is 3.16. The second kappa shape index (κ2) is 4.26. The molecule has 0 bridgehead atoms. The van der Waals surface area contributed by atoms with Crippen molar-refractivity contribution in [3.8, 4) is 0 Å². The lowest BCUT2D eigenvalue weighted by Gasteiger charge is -1.93. The summed E-state index contributed by atoms with van der Waals surface area (Å²) >= 11 is 14.5. The summed E-state index contributed by atoms with van der Waals surface area (Å²) in [4.78, 5) is 13.1. The van der Waals surface area contributed by atoms with Gasteiger partial charge in [-0.25, -0.2) is 0 Å². The maximum Gasteiger partial charge on any atom is 0.196 e. The summed E-state index contributed by atoms with van der Waals surface area (Å²) < 4.78 is 0.990. The standard InChI is InChI=1S/C10H6Cl2OS2/c1-5-2-6(4-14-5)9(13)7-3-8(11)15-10(7)12/h2-4H,1H3. The Bertz CT molecular complexity index is 513. The van der Waals surface area contributed by atoms with E-state index in [1.54, 1.807) is 17.4 Å². The van der Waals surface area contributed by atoms with Gasteiger partial charge in [-0.2, -0.15) is 0 Å². The normalized spacial score (nSPS) is 10.6. The summed E-state index contributed by atoms with van der Waals surface area (Å²) in [6.45, 7) is 1.96. The first-order valence-corrected chi connectivity index (χ1v) is 6.58. The van der Waals surface area contributed by atoms with E-state index >= 15 is 0 Å². The second-order valence-corrected chi connectivity index (χ2v) is 6.41. The maximum atomic E-state index is 12.0. The maximum absolute atomic E-state index is 12.0. The topological polar surface area (TPSA) is 17.1 Å². The molecule has 0 aliphatic rings. The number of rotatable bonds is 2. The van der Waals surface area contributed by atoms with Crippen molar-refractivity contribution < 1.29 is 4.79 Å². The van der Waals surface area contributed by atoms with E-state index in [1.165, 1.54) is 11.3 Å². The third-order valence-corrected chi connectivity index (χ3v) is 4.24. The van der Waals surface area contributed by atoms with Crippen LogP contribution in [0, 0.1) is 6.92 Å². The summed E-state index contributed by atoms with van der Waals surface area (Å²) in [6, 6.07) is 3.47. The molecular weight excluding hydrogens is 271 g/mol. The molecule has 0 saturated carbocycles. The molecule has 2 heterocycles. The average molecular weight is 277 g/mol. The quantitative estimate of drug-likeness (QED) is 0.730. The molecule has 0 spiro atoms. The fraction of sp³-hybridized carbons (Fsp3) is 0.100. The van der Waals surface area contributed by atoms with Gasteiger partial charge in [0.2, 0.25) is 0 Å². The number of carbonyl (C=O) groups is 1. The molecule has 2 rings (SSSR count). The minimum atomic E-state index is -0.0625. The van der Waals surface area contributed by atoms with Crippen LogP contribution in [0.4, 0.5) is 0 Å². The highest BCUT2D eigenvalue weighted by Gasteiger charge is 2.16. The van der Waals surface area contributed by atoms with Crippen molar-refractivity contribution in [3.05, 3.63) is 42.2 Å². The van der Waals surface area contributed by atoms with Crippen LogP contribution in [-0.4, -0.2) is 5.78 Å². The van der Waals surface area contributed by atoms with Crippen LogP contribution < -0.4 is 0 Å². The van der Waals surface area contributed by atoms with Gasteiger partial charge in [0.1, 0.15) is 4.34 Å². The fourth-order valence-electron chi connectivity index (χ4n) is 1.21. The molecule has 78 valence electrons. The Labute approximate surface area is 105 Å². The van der Waals surface area contributed by atoms with Crippen LogP contribution >= 0.6 is 45.9 Å². The van der Waals surface area contributed by atoms with Crippen LogP contribution in [0.1, 0.15) is 20.8 Å². The molecule has 0 N–H and O–H groups in total. The highest BCUT2D eigenvalue weighted by Crippen LogP contribution is 2.33. The molecule has 2 aromatic heterocycles.